The molecule has 2 aromatic carbocycles. The summed E-state index contributed by atoms with van der Waals surface area (Å²) in [5, 5.41) is 2.78. The highest BCUT2D eigenvalue weighted by atomic mass is 32.2. The minimum atomic E-state index is -3.80. The van der Waals surface area contributed by atoms with E-state index >= 15 is 0 Å². The monoisotopic (exact) mass is 373 g/mol. The van der Waals surface area contributed by atoms with Crippen LogP contribution in [0.3, 0.4) is 0 Å². The van der Waals surface area contributed by atoms with Crippen LogP contribution in [0, 0.1) is 0 Å². The molecule has 0 atom stereocenters. The largest absolute Gasteiger partial charge is 0.454 e. The zero-order chi connectivity index (χ0) is 18.2. The van der Waals surface area contributed by atoms with Gasteiger partial charge in [-0.15, -0.1) is 0 Å². The zero-order valence-corrected chi connectivity index (χ0v) is 14.9. The van der Waals surface area contributed by atoms with Gasteiger partial charge < -0.3 is 14.8 Å². The number of anilines is 1. The molecule has 136 valence electrons. The van der Waals surface area contributed by atoms with Gasteiger partial charge in [0.25, 0.3) is 0 Å². The first kappa shape index (κ1) is 16.9. The van der Waals surface area contributed by atoms with Crippen molar-refractivity contribution in [2.24, 2.45) is 0 Å². The fourth-order valence-corrected chi connectivity index (χ4v) is 5.70. The Morgan fingerprint density at radius 3 is 2.38 bits per heavy atom. The maximum absolute atomic E-state index is 13.3. The van der Waals surface area contributed by atoms with E-state index in [0.717, 1.165) is 0 Å². The van der Waals surface area contributed by atoms with Crippen LogP contribution in [0.5, 0.6) is 11.5 Å². The van der Waals surface area contributed by atoms with E-state index in [9.17, 15) is 13.2 Å². The van der Waals surface area contributed by atoms with Crippen LogP contribution in [0.15, 0.2) is 53.4 Å². The number of fused-ring (bicyclic) bond motifs is 1. The first-order valence-electron chi connectivity index (χ1n) is 8.54. The zero-order valence-electron chi connectivity index (χ0n) is 14.1. The van der Waals surface area contributed by atoms with E-state index in [1.165, 1.54) is 0 Å². The molecule has 1 aliphatic carbocycles. The van der Waals surface area contributed by atoms with Gasteiger partial charge >= 0.3 is 0 Å². The first-order valence-corrected chi connectivity index (χ1v) is 10.0. The maximum Gasteiger partial charge on any atom is 0.246 e. The number of nitrogens with one attached hydrogen (secondary N) is 1. The molecule has 1 N–H and O–H groups in total. The van der Waals surface area contributed by atoms with Gasteiger partial charge in [0.1, 0.15) is 0 Å². The number of hydrogen-bond acceptors (Lipinski definition) is 5. The Kier molecular flexibility index (Phi) is 4.11. The highest BCUT2D eigenvalue weighted by Gasteiger charge is 2.52. The lowest BCUT2D eigenvalue weighted by atomic mass is 10.1. The first-order chi connectivity index (χ1) is 12.5. The van der Waals surface area contributed by atoms with Crippen LogP contribution in [0.1, 0.15) is 25.7 Å². The minimum absolute atomic E-state index is 0.138. The smallest absolute Gasteiger partial charge is 0.246 e. The Labute approximate surface area is 152 Å². The number of carbonyl (C=O) groups excluding carboxylic acids is 1. The quantitative estimate of drug-likeness (QED) is 0.890. The van der Waals surface area contributed by atoms with Crippen LogP contribution in [0.2, 0.25) is 0 Å². The average Bonchev–Trinajstić information content (AvgIpc) is 3.32. The molecule has 0 aromatic heterocycles. The van der Waals surface area contributed by atoms with Crippen LogP contribution in [-0.4, -0.2) is 25.9 Å². The molecule has 4 rings (SSSR count). The van der Waals surface area contributed by atoms with Crippen molar-refractivity contribution >= 4 is 21.4 Å². The summed E-state index contributed by atoms with van der Waals surface area (Å²) in [7, 11) is -3.80. The second kappa shape index (κ2) is 6.32. The molecule has 0 unspecified atom stereocenters. The van der Waals surface area contributed by atoms with Gasteiger partial charge in [-0.05, 0) is 37.1 Å². The fourth-order valence-electron chi connectivity index (χ4n) is 3.61. The van der Waals surface area contributed by atoms with E-state index in [2.05, 4.69) is 5.32 Å². The molecule has 7 heteroatoms. The molecule has 1 heterocycles. The lowest BCUT2D eigenvalue weighted by Crippen LogP contribution is -2.47. The summed E-state index contributed by atoms with van der Waals surface area (Å²) in [6.07, 6.45) is 2.06. The molecule has 0 radical (unpaired) electrons. The van der Waals surface area contributed by atoms with Gasteiger partial charge in [-0.1, -0.05) is 31.0 Å². The summed E-state index contributed by atoms with van der Waals surface area (Å²) < 4.78 is 35.7. The van der Waals surface area contributed by atoms with Crippen LogP contribution in [0.25, 0.3) is 0 Å². The van der Waals surface area contributed by atoms with Crippen LogP contribution >= 0.6 is 0 Å². The molecule has 1 aliphatic heterocycles. The molecule has 2 aromatic rings. The summed E-state index contributed by atoms with van der Waals surface area (Å²) in [6.45, 7) is 0.138. The van der Waals surface area contributed by atoms with Crippen molar-refractivity contribution in [3.05, 3.63) is 48.5 Å². The number of amides is 1. The predicted octanol–water partition coefficient (Wildman–Crippen LogP) is 3.14. The van der Waals surface area contributed by atoms with Crippen molar-refractivity contribution in [1.82, 2.24) is 0 Å². The number of hydrogen-bond donors (Lipinski definition) is 1. The second-order valence-electron chi connectivity index (χ2n) is 6.54. The second-order valence-corrected chi connectivity index (χ2v) is 8.80. The number of sulfone groups is 1. The summed E-state index contributed by atoms with van der Waals surface area (Å²) >= 11 is 0. The predicted molar refractivity (Wildman–Crippen MR) is 96.0 cm³/mol. The summed E-state index contributed by atoms with van der Waals surface area (Å²) in [5.74, 6) is 0.655. The molecule has 1 fully saturated rings. The summed E-state index contributed by atoms with van der Waals surface area (Å²) in [6, 6.07) is 13.2. The lowest BCUT2D eigenvalue weighted by molar-refractivity contribution is -0.118. The van der Waals surface area contributed by atoms with Crippen molar-refractivity contribution in [2.45, 2.75) is 35.3 Å². The third kappa shape index (κ3) is 2.63. The molecular weight excluding hydrogens is 354 g/mol. The molecule has 2 aliphatic rings. The average molecular weight is 373 g/mol. The molecule has 1 saturated carbocycles. The molecule has 1 amide bonds. The van der Waals surface area contributed by atoms with Gasteiger partial charge in [0.2, 0.25) is 12.7 Å². The molecule has 26 heavy (non-hydrogen) atoms. The Bertz CT molecular complexity index is 934. The van der Waals surface area contributed by atoms with Crippen molar-refractivity contribution in [2.75, 3.05) is 12.1 Å². The SMILES string of the molecule is O=C(Nc1ccc2c(c1)OCO2)C1(S(=O)(=O)c2ccccc2)CCCC1. The van der Waals surface area contributed by atoms with Crippen molar-refractivity contribution in [1.29, 1.82) is 0 Å². The van der Waals surface area contributed by atoms with Gasteiger partial charge in [0.15, 0.2) is 26.1 Å². The molecule has 6 nitrogen and oxygen atoms in total. The van der Waals surface area contributed by atoms with E-state index < -0.39 is 20.5 Å². The highest BCUT2D eigenvalue weighted by Crippen LogP contribution is 2.42. The Balaban J connectivity index is 1.67. The van der Waals surface area contributed by atoms with Gasteiger partial charge in [-0.25, -0.2) is 8.42 Å². The van der Waals surface area contributed by atoms with E-state index in [-0.39, 0.29) is 11.7 Å². The molecular formula is C19H19NO5S. The molecule has 0 bridgehead atoms. The third-order valence-electron chi connectivity index (χ3n) is 5.02. The Morgan fingerprint density at radius 2 is 1.65 bits per heavy atom. The number of benzene rings is 2. The lowest BCUT2D eigenvalue weighted by Gasteiger charge is -2.27. The van der Waals surface area contributed by atoms with Gasteiger partial charge in [-0.3, -0.25) is 4.79 Å². The van der Waals surface area contributed by atoms with E-state index in [1.807, 2.05) is 0 Å². The van der Waals surface area contributed by atoms with Crippen LogP contribution in [0.4, 0.5) is 5.69 Å². The fraction of sp³-hybridized carbons (Fsp3) is 0.316. The van der Waals surface area contributed by atoms with Crippen molar-refractivity contribution in [3.8, 4) is 11.5 Å². The van der Waals surface area contributed by atoms with Crippen LogP contribution in [-0.2, 0) is 14.6 Å². The van der Waals surface area contributed by atoms with Gasteiger partial charge in [-0.2, -0.15) is 0 Å². The standard InChI is InChI=1S/C19H19NO5S/c21-18(20-14-8-9-16-17(12-14)25-13-24-16)19(10-4-5-11-19)26(22,23)15-6-2-1-3-7-15/h1-3,6-9,12H,4-5,10-11,13H2,(H,20,21). The Hall–Kier alpha value is -2.54. The maximum atomic E-state index is 13.3. The highest BCUT2D eigenvalue weighted by molar-refractivity contribution is 7.93. The number of ether oxygens (including phenoxy) is 2. The third-order valence-corrected chi connectivity index (χ3v) is 7.54. The van der Waals surface area contributed by atoms with E-state index in [0.29, 0.717) is 42.9 Å². The van der Waals surface area contributed by atoms with Gasteiger partial charge in [0.05, 0.1) is 4.90 Å². The number of rotatable bonds is 4. The number of carbonyl (C=O) groups is 1. The van der Waals surface area contributed by atoms with Crippen molar-refractivity contribution in [3.63, 3.8) is 0 Å². The topological polar surface area (TPSA) is 81.7 Å². The van der Waals surface area contributed by atoms with E-state index in [1.54, 1.807) is 48.5 Å². The normalized spacial score (nSPS) is 17.8. The minimum Gasteiger partial charge on any atom is -0.454 e. The van der Waals surface area contributed by atoms with E-state index in [4.69, 9.17) is 9.47 Å². The molecule has 0 saturated heterocycles. The van der Waals surface area contributed by atoms with Crippen molar-refractivity contribution < 1.29 is 22.7 Å². The van der Waals surface area contributed by atoms with Gasteiger partial charge in [0, 0.05) is 11.8 Å². The Morgan fingerprint density at radius 1 is 0.962 bits per heavy atom. The van der Waals surface area contributed by atoms with Crippen LogP contribution < -0.4 is 14.8 Å². The summed E-state index contributed by atoms with van der Waals surface area (Å²) in [4.78, 5) is 13.3. The molecule has 0 spiro atoms. The summed E-state index contributed by atoms with van der Waals surface area (Å²) in [5.41, 5.74) is 0.494.